The van der Waals surface area contributed by atoms with Crippen LogP contribution in [0.2, 0.25) is 0 Å². The van der Waals surface area contributed by atoms with Gasteiger partial charge >= 0.3 is 11.9 Å². The Morgan fingerprint density at radius 2 is 1.82 bits per heavy atom. The minimum Gasteiger partial charge on any atom is -0.465 e. The van der Waals surface area contributed by atoms with Crippen LogP contribution in [0.15, 0.2) is 11.6 Å². The van der Waals surface area contributed by atoms with Crippen LogP contribution in [0.1, 0.15) is 107 Å². The lowest BCUT2D eigenvalue weighted by molar-refractivity contribution is -0.162. The summed E-state index contributed by atoms with van der Waals surface area (Å²) in [5.41, 5.74) is 1.61. The van der Waals surface area contributed by atoms with Gasteiger partial charge in [-0.1, -0.05) is 61.0 Å². The second kappa shape index (κ2) is 9.44. The van der Waals surface area contributed by atoms with Crippen molar-refractivity contribution < 1.29 is 23.9 Å². The quantitative estimate of drug-likeness (QED) is 0.346. The van der Waals surface area contributed by atoms with Crippen LogP contribution < -0.4 is 0 Å². The van der Waals surface area contributed by atoms with Crippen molar-refractivity contribution in [3.63, 3.8) is 0 Å². The molecule has 0 aromatic heterocycles. The standard InChI is InChI=1S/C34H52O5/c1-19-17-32(7)24-10-12-34(9)29(31(5,6)20(2)14-23-18-38-30(37)21(23)3)11-13-33(34,8)25(24)15-27(36)26(32)16-28(19)39-22(4)35/h15,19-21,23-24,26,28-29H,10-14,16-18H2,1-9H3/t19-,20+,21-,23+,24?,26-,28+,29+,32+,33-,34+/m0/s1. The van der Waals surface area contributed by atoms with Crippen LogP contribution in [0.25, 0.3) is 0 Å². The van der Waals surface area contributed by atoms with Crippen LogP contribution in [0.3, 0.4) is 0 Å². The summed E-state index contributed by atoms with van der Waals surface area (Å²) in [5.74, 6) is 1.92. The first-order chi connectivity index (χ1) is 18.1. The van der Waals surface area contributed by atoms with E-state index in [9.17, 15) is 14.4 Å². The molecular weight excluding hydrogens is 488 g/mol. The fourth-order valence-electron chi connectivity index (χ4n) is 10.7. The van der Waals surface area contributed by atoms with E-state index in [-0.39, 0.29) is 63.2 Å². The highest BCUT2D eigenvalue weighted by molar-refractivity contribution is 5.95. The summed E-state index contributed by atoms with van der Waals surface area (Å²) in [7, 11) is 0. The monoisotopic (exact) mass is 540 g/mol. The Morgan fingerprint density at radius 3 is 2.44 bits per heavy atom. The molecule has 0 aromatic rings. The van der Waals surface area contributed by atoms with Crippen molar-refractivity contribution >= 4 is 17.7 Å². The number of ketones is 1. The number of allylic oxidation sites excluding steroid dienone is 2. The molecule has 4 aliphatic carbocycles. The molecule has 1 heterocycles. The van der Waals surface area contributed by atoms with Crippen LogP contribution >= 0.6 is 0 Å². The maximum Gasteiger partial charge on any atom is 0.309 e. The van der Waals surface area contributed by atoms with E-state index in [1.54, 1.807) is 0 Å². The van der Waals surface area contributed by atoms with Gasteiger partial charge in [-0.15, -0.1) is 0 Å². The third kappa shape index (κ3) is 4.18. The van der Waals surface area contributed by atoms with Crippen molar-refractivity contribution in [1.82, 2.24) is 0 Å². The Bertz CT molecular complexity index is 1070. The molecule has 0 aromatic carbocycles. The number of esters is 2. The molecule has 0 amide bonds. The Labute approximate surface area is 236 Å². The summed E-state index contributed by atoms with van der Waals surface area (Å²) in [6.45, 7) is 20.9. The van der Waals surface area contributed by atoms with Crippen molar-refractivity contribution in [3.05, 3.63) is 11.6 Å². The summed E-state index contributed by atoms with van der Waals surface area (Å²) < 4.78 is 11.1. The first kappa shape index (κ1) is 28.9. The summed E-state index contributed by atoms with van der Waals surface area (Å²) in [4.78, 5) is 37.6. The molecule has 39 heavy (non-hydrogen) atoms. The molecule has 1 saturated heterocycles. The second-order valence-corrected chi connectivity index (χ2v) is 15.7. The summed E-state index contributed by atoms with van der Waals surface area (Å²) >= 11 is 0. The van der Waals surface area contributed by atoms with E-state index in [2.05, 4.69) is 54.5 Å². The van der Waals surface area contributed by atoms with E-state index in [1.165, 1.54) is 25.3 Å². The molecule has 5 aliphatic rings. The largest absolute Gasteiger partial charge is 0.465 e. The number of hydrogen-bond donors (Lipinski definition) is 0. The first-order valence-corrected chi connectivity index (χ1v) is 15.7. The molecule has 0 spiro atoms. The zero-order valence-electron chi connectivity index (χ0n) is 25.9. The average Bonchev–Trinajstić information content (AvgIpc) is 3.31. The highest BCUT2D eigenvalue weighted by Gasteiger charge is 2.66. The molecule has 3 saturated carbocycles. The molecule has 1 aliphatic heterocycles. The van der Waals surface area contributed by atoms with Gasteiger partial charge in [0, 0.05) is 18.8 Å². The number of rotatable bonds is 5. The van der Waals surface area contributed by atoms with Crippen molar-refractivity contribution in [2.45, 2.75) is 113 Å². The molecule has 11 atom stereocenters. The Kier molecular flexibility index (Phi) is 6.99. The molecule has 1 unspecified atom stereocenters. The Morgan fingerprint density at radius 1 is 1.13 bits per heavy atom. The second-order valence-electron chi connectivity index (χ2n) is 15.7. The van der Waals surface area contributed by atoms with Gasteiger partial charge in [0.1, 0.15) is 6.10 Å². The first-order valence-electron chi connectivity index (χ1n) is 15.7. The normalized spacial score (nSPS) is 46.5. The van der Waals surface area contributed by atoms with Crippen LogP contribution in [0.4, 0.5) is 0 Å². The van der Waals surface area contributed by atoms with Gasteiger partial charge in [-0.25, -0.2) is 0 Å². The zero-order valence-corrected chi connectivity index (χ0v) is 25.9. The number of carbonyl (C=O) groups is 3. The molecule has 4 fully saturated rings. The van der Waals surface area contributed by atoms with Gasteiger partial charge < -0.3 is 9.47 Å². The van der Waals surface area contributed by atoms with Crippen molar-refractivity contribution in [2.75, 3.05) is 6.61 Å². The summed E-state index contributed by atoms with van der Waals surface area (Å²) in [6.07, 6.45) is 9.15. The third-order valence-electron chi connectivity index (χ3n) is 13.7. The zero-order chi connectivity index (χ0) is 28.7. The van der Waals surface area contributed by atoms with Gasteiger partial charge in [-0.05, 0) is 96.4 Å². The predicted molar refractivity (Wildman–Crippen MR) is 151 cm³/mol. The SMILES string of the molecule is CC(=O)O[C@@H]1C[C@H]2C(=O)C=C3C(CC[C@]4(C)[C@@H](C(C)(C)[C@H](C)C[C@@H]5COC(=O)[C@H]5C)CC[C@@]34C)[C@@]2(C)C[C@@H]1C. The molecular formula is C34H52O5. The molecule has 0 N–H and O–H groups in total. The van der Waals surface area contributed by atoms with Gasteiger partial charge in [0.25, 0.3) is 0 Å². The maximum absolute atomic E-state index is 13.8. The molecule has 5 heteroatoms. The maximum atomic E-state index is 13.8. The Hall–Kier alpha value is -1.65. The van der Waals surface area contributed by atoms with Crippen molar-refractivity contribution in [2.24, 2.45) is 63.1 Å². The lowest BCUT2D eigenvalue weighted by atomic mass is 9.42. The minimum atomic E-state index is -0.244. The topological polar surface area (TPSA) is 69.7 Å². The van der Waals surface area contributed by atoms with E-state index in [1.807, 2.05) is 6.92 Å². The number of hydrogen-bond acceptors (Lipinski definition) is 5. The molecule has 218 valence electrons. The number of carbonyl (C=O) groups excluding carboxylic acids is 3. The van der Waals surface area contributed by atoms with Crippen LogP contribution in [-0.4, -0.2) is 30.4 Å². The Balaban J connectivity index is 1.42. The van der Waals surface area contributed by atoms with Crippen molar-refractivity contribution in [1.29, 1.82) is 0 Å². The highest BCUT2D eigenvalue weighted by atomic mass is 16.5. The van der Waals surface area contributed by atoms with Crippen LogP contribution in [0, 0.1) is 63.1 Å². The summed E-state index contributed by atoms with van der Waals surface area (Å²) in [5, 5.41) is 0. The van der Waals surface area contributed by atoms with E-state index >= 15 is 0 Å². The fourth-order valence-corrected chi connectivity index (χ4v) is 10.7. The molecule has 0 bridgehead atoms. The van der Waals surface area contributed by atoms with E-state index in [4.69, 9.17) is 9.47 Å². The smallest absolute Gasteiger partial charge is 0.309 e. The van der Waals surface area contributed by atoms with Gasteiger partial charge in [0.2, 0.25) is 0 Å². The van der Waals surface area contributed by atoms with E-state index in [0.717, 1.165) is 25.7 Å². The lowest BCUT2D eigenvalue weighted by Gasteiger charge is -2.62. The predicted octanol–water partition coefficient (Wildman–Crippen LogP) is 7.17. The molecule has 5 rings (SSSR count). The number of ether oxygens (including phenoxy) is 2. The lowest BCUT2D eigenvalue weighted by Crippen LogP contribution is -2.57. The van der Waals surface area contributed by atoms with Crippen LogP contribution in [-0.2, 0) is 23.9 Å². The van der Waals surface area contributed by atoms with E-state index < -0.39 is 0 Å². The van der Waals surface area contributed by atoms with Gasteiger partial charge in [-0.3, -0.25) is 14.4 Å². The average molecular weight is 541 g/mol. The van der Waals surface area contributed by atoms with Gasteiger partial charge in [0.05, 0.1) is 12.5 Å². The van der Waals surface area contributed by atoms with Crippen LogP contribution in [0.5, 0.6) is 0 Å². The fraction of sp³-hybridized carbons (Fsp3) is 0.853. The van der Waals surface area contributed by atoms with Crippen molar-refractivity contribution in [3.8, 4) is 0 Å². The number of cyclic esters (lactones) is 1. The third-order valence-corrected chi connectivity index (χ3v) is 13.7. The van der Waals surface area contributed by atoms with Gasteiger partial charge in [0.15, 0.2) is 5.78 Å². The van der Waals surface area contributed by atoms with E-state index in [0.29, 0.717) is 36.7 Å². The summed E-state index contributed by atoms with van der Waals surface area (Å²) in [6, 6.07) is 0. The highest BCUT2D eigenvalue weighted by Crippen LogP contribution is 2.74. The minimum absolute atomic E-state index is 0.00598. The number of fused-ring (bicyclic) bond motifs is 5. The molecule has 5 nitrogen and oxygen atoms in total. The van der Waals surface area contributed by atoms with Gasteiger partial charge in [-0.2, -0.15) is 0 Å². The molecule has 0 radical (unpaired) electrons.